The number of ether oxygens (including phenoxy) is 1. The van der Waals surface area contributed by atoms with Crippen molar-refractivity contribution >= 4 is 11.6 Å². The van der Waals surface area contributed by atoms with Crippen LogP contribution in [0.4, 0.5) is 5.69 Å². The van der Waals surface area contributed by atoms with Crippen LogP contribution in [0.25, 0.3) is 0 Å². The molecule has 1 aliphatic rings. The molecule has 0 saturated heterocycles. The van der Waals surface area contributed by atoms with Crippen molar-refractivity contribution in [1.82, 2.24) is 9.78 Å². The fourth-order valence-electron chi connectivity index (χ4n) is 3.12. The van der Waals surface area contributed by atoms with Crippen LogP contribution in [-0.4, -0.2) is 22.8 Å². The van der Waals surface area contributed by atoms with Gasteiger partial charge < -0.3 is 15.8 Å². The van der Waals surface area contributed by atoms with Crippen LogP contribution < -0.4 is 15.8 Å². The van der Waals surface area contributed by atoms with Gasteiger partial charge in [0.15, 0.2) is 5.96 Å². The molecule has 3 rings (SSSR count). The Bertz CT molecular complexity index is 748. The summed E-state index contributed by atoms with van der Waals surface area (Å²) in [6.45, 7) is 2.38. The smallest absolute Gasteiger partial charge is 0.216 e. The van der Waals surface area contributed by atoms with Gasteiger partial charge in [-0.3, -0.25) is 0 Å². The van der Waals surface area contributed by atoms with Crippen molar-refractivity contribution in [3.8, 4) is 5.88 Å². The van der Waals surface area contributed by atoms with E-state index in [0.29, 0.717) is 12.5 Å². The monoisotopic (exact) mass is 313 g/mol. The minimum absolute atomic E-state index is 0.397. The standard InChI is InChI=1S/C17H23N5O/c1-11-15(16(23-3)22(2)21-11)10-19-17(18)20-14-8-7-12-5-4-6-13(12)9-14/h7-9H,4-6,10H2,1-3H3,(H3,18,19,20). The molecule has 2 aromatic rings. The van der Waals surface area contributed by atoms with Gasteiger partial charge in [-0.25, -0.2) is 9.67 Å². The van der Waals surface area contributed by atoms with Crippen molar-refractivity contribution in [3.63, 3.8) is 0 Å². The maximum atomic E-state index is 6.02. The number of methoxy groups -OCH3 is 1. The highest BCUT2D eigenvalue weighted by molar-refractivity contribution is 5.92. The predicted molar refractivity (Wildman–Crippen MR) is 91.9 cm³/mol. The number of nitrogens with one attached hydrogen (secondary N) is 1. The fraction of sp³-hybridized carbons (Fsp3) is 0.412. The third-order valence-electron chi connectivity index (χ3n) is 4.26. The third-order valence-corrected chi connectivity index (χ3v) is 4.26. The van der Waals surface area contributed by atoms with Crippen LogP contribution in [0.3, 0.4) is 0 Å². The lowest BCUT2D eigenvalue weighted by atomic mass is 10.1. The molecule has 6 heteroatoms. The number of hydrogen-bond donors (Lipinski definition) is 2. The van der Waals surface area contributed by atoms with Crippen LogP contribution >= 0.6 is 0 Å². The maximum Gasteiger partial charge on any atom is 0.216 e. The Morgan fingerprint density at radius 2 is 2.17 bits per heavy atom. The third kappa shape index (κ3) is 3.16. The molecule has 0 unspecified atom stereocenters. The zero-order valence-electron chi connectivity index (χ0n) is 13.9. The van der Waals surface area contributed by atoms with Gasteiger partial charge in [-0.1, -0.05) is 6.07 Å². The first kappa shape index (κ1) is 15.4. The van der Waals surface area contributed by atoms with Gasteiger partial charge in [0, 0.05) is 12.7 Å². The van der Waals surface area contributed by atoms with Gasteiger partial charge in [-0.2, -0.15) is 5.10 Å². The second kappa shape index (κ2) is 6.32. The van der Waals surface area contributed by atoms with Crippen LogP contribution in [0, 0.1) is 6.92 Å². The van der Waals surface area contributed by atoms with E-state index >= 15 is 0 Å². The average molecular weight is 313 g/mol. The summed E-state index contributed by atoms with van der Waals surface area (Å²) in [7, 11) is 3.49. The lowest BCUT2D eigenvalue weighted by molar-refractivity contribution is 0.369. The van der Waals surface area contributed by atoms with E-state index in [9.17, 15) is 0 Å². The molecule has 0 radical (unpaired) electrons. The number of rotatable bonds is 4. The van der Waals surface area contributed by atoms with Crippen LogP contribution in [0.5, 0.6) is 5.88 Å². The molecule has 1 aromatic heterocycles. The number of nitrogens with zero attached hydrogens (tertiary/aromatic N) is 3. The lowest BCUT2D eigenvalue weighted by Gasteiger charge is -2.08. The van der Waals surface area contributed by atoms with Crippen molar-refractivity contribution in [2.75, 3.05) is 12.4 Å². The number of fused-ring (bicyclic) bond motifs is 1. The Labute approximate surface area is 136 Å². The van der Waals surface area contributed by atoms with Crippen molar-refractivity contribution in [1.29, 1.82) is 0 Å². The molecule has 6 nitrogen and oxygen atoms in total. The SMILES string of the molecule is COc1c(CN=C(N)Nc2ccc3c(c2)CCC3)c(C)nn1C. The molecule has 0 atom stereocenters. The summed E-state index contributed by atoms with van der Waals surface area (Å²) in [5.74, 6) is 1.12. The van der Waals surface area contributed by atoms with Gasteiger partial charge in [0.2, 0.25) is 5.88 Å². The Kier molecular flexibility index (Phi) is 4.23. The lowest BCUT2D eigenvalue weighted by Crippen LogP contribution is -2.22. The van der Waals surface area contributed by atoms with Crippen LogP contribution in [0.15, 0.2) is 23.2 Å². The van der Waals surface area contributed by atoms with Gasteiger partial charge in [-0.05, 0) is 49.4 Å². The van der Waals surface area contributed by atoms with Gasteiger partial charge in [-0.15, -0.1) is 0 Å². The number of aliphatic imine (C=N–C) groups is 1. The fourth-order valence-corrected chi connectivity index (χ4v) is 3.12. The van der Waals surface area contributed by atoms with E-state index in [1.807, 2.05) is 14.0 Å². The highest BCUT2D eigenvalue weighted by atomic mass is 16.5. The Morgan fingerprint density at radius 1 is 1.39 bits per heavy atom. The van der Waals surface area contributed by atoms with E-state index in [4.69, 9.17) is 10.5 Å². The molecule has 1 aliphatic carbocycles. The molecule has 23 heavy (non-hydrogen) atoms. The average Bonchev–Trinajstić information content (AvgIpc) is 3.08. The minimum Gasteiger partial charge on any atom is -0.481 e. The number of anilines is 1. The molecule has 0 spiro atoms. The molecular formula is C17H23N5O. The van der Waals surface area contributed by atoms with E-state index < -0.39 is 0 Å². The van der Waals surface area contributed by atoms with E-state index in [0.717, 1.165) is 29.2 Å². The summed E-state index contributed by atoms with van der Waals surface area (Å²) in [4.78, 5) is 4.42. The summed E-state index contributed by atoms with van der Waals surface area (Å²) in [5.41, 5.74) is 11.7. The Balaban J connectivity index is 1.71. The first-order valence-corrected chi connectivity index (χ1v) is 7.83. The second-order valence-corrected chi connectivity index (χ2v) is 5.86. The number of aryl methyl sites for hydroxylation is 4. The molecule has 0 aliphatic heterocycles. The normalized spacial score (nSPS) is 14.0. The topological polar surface area (TPSA) is 77.5 Å². The van der Waals surface area contributed by atoms with Gasteiger partial charge in [0.1, 0.15) is 0 Å². The van der Waals surface area contributed by atoms with Crippen LogP contribution in [0.1, 0.15) is 28.8 Å². The molecule has 3 N–H and O–H groups in total. The number of nitrogens with two attached hydrogens (primary N) is 1. The minimum atomic E-state index is 0.397. The van der Waals surface area contributed by atoms with E-state index in [1.165, 1.54) is 24.0 Å². The van der Waals surface area contributed by atoms with Crippen molar-refractivity contribution in [2.24, 2.45) is 17.8 Å². The molecule has 1 aromatic carbocycles. The largest absolute Gasteiger partial charge is 0.481 e. The number of aromatic nitrogens is 2. The molecule has 1 heterocycles. The highest BCUT2D eigenvalue weighted by Crippen LogP contribution is 2.25. The number of guanidine groups is 1. The van der Waals surface area contributed by atoms with E-state index in [-0.39, 0.29) is 0 Å². The van der Waals surface area contributed by atoms with Crippen LogP contribution in [-0.2, 0) is 26.4 Å². The molecule has 122 valence electrons. The summed E-state index contributed by atoms with van der Waals surface area (Å²) in [6.07, 6.45) is 3.57. The number of benzene rings is 1. The number of hydrogen-bond acceptors (Lipinski definition) is 3. The molecule has 0 amide bonds. The van der Waals surface area contributed by atoms with E-state index in [1.54, 1.807) is 11.8 Å². The van der Waals surface area contributed by atoms with E-state index in [2.05, 4.69) is 33.6 Å². The summed E-state index contributed by atoms with van der Waals surface area (Å²) >= 11 is 0. The first-order valence-electron chi connectivity index (χ1n) is 7.83. The first-order chi connectivity index (χ1) is 11.1. The molecule has 0 fully saturated rings. The summed E-state index contributed by atoms with van der Waals surface area (Å²) in [6, 6.07) is 6.40. The zero-order valence-corrected chi connectivity index (χ0v) is 13.9. The van der Waals surface area contributed by atoms with Gasteiger partial charge in [0.25, 0.3) is 0 Å². The molecule has 0 saturated carbocycles. The zero-order chi connectivity index (χ0) is 16.4. The van der Waals surface area contributed by atoms with Gasteiger partial charge in [0.05, 0.1) is 24.9 Å². The highest BCUT2D eigenvalue weighted by Gasteiger charge is 2.14. The van der Waals surface area contributed by atoms with Crippen LogP contribution in [0.2, 0.25) is 0 Å². The van der Waals surface area contributed by atoms with Crippen molar-refractivity contribution in [3.05, 3.63) is 40.6 Å². The van der Waals surface area contributed by atoms with Gasteiger partial charge >= 0.3 is 0 Å². The Morgan fingerprint density at radius 3 is 2.96 bits per heavy atom. The molecular weight excluding hydrogens is 290 g/mol. The second-order valence-electron chi connectivity index (χ2n) is 5.86. The van der Waals surface area contributed by atoms with Crippen molar-refractivity contribution < 1.29 is 4.74 Å². The quantitative estimate of drug-likeness (QED) is 0.670. The Hall–Kier alpha value is -2.50. The predicted octanol–water partition coefficient (Wildman–Crippen LogP) is 2.15. The maximum absolute atomic E-state index is 6.02. The summed E-state index contributed by atoms with van der Waals surface area (Å²) in [5, 5.41) is 7.51. The molecule has 0 bridgehead atoms. The van der Waals surface area contributed by atoms with Crippen molar-refractivity contribution in [2.45, 2.75) is 32.7 Å². The summed E-state index contributed by atoms with van der Waals surface area (Å²) < 4.78 is 7.08.